The van der Waals surface area contributed by atoms with E-state index in [0.29, 0.717) is 5.92 Å². The molecule has 0 aromatic carbocycles. The highest BCUT2D eigenvalue weighted by molar-refractivity contribution is 5.21. The maximum absolute atomic E-state index is 4.11. The van der Waals surface area contributed by atoms with Crippen LogP contribution in [-0.2, 0) is 6.42 Å². The molecule has 2 nitrogen and oxygen atoms in total. The van der Waals surface area contributed by atoms with Crippen LogP contribution in [0.4, 0.5) is 0 Å². The van der Waals surface area contributed by atoms with Gasteiger partial charge in [-0.1, -0.05) is 34.1 Å². The zero-order valence-electron chi connectivity index (χ0n) is 9.09. The molecule has 1 rings (SSSR count). The fraction of sp³-hybridized carbons (Fsp3) is 0.727. The van der Waals surface area contributed by atoms with Gasteiger partial charge in [0.2, 0.25) is 0 Å². The highest BCUT2D eigenvalue weighted by Crippen LogP contribution is 2.27. The average molecular weight is 180 g/mol. The van der Waals surface area contributed by atoms with Gasteiger partial charge in [-0.3, -0.25) is 5.10 Å². The lowest BCUT2D eigenvalue weighted by Crippen LogP contribution is -2.06. The van der Waals surface area contributed by atoms with Crippen LogP contribution in [0.3, 0.4) is 0 Å². The second-order valence-electron chi connectivity index (χ2n) is 3.83. The zero-order chi connectivity index (χ0) is 9.84. The van der Waals surface area contributed by atoms with E-state index < -0.39 is 0 Å². The van der Waals surface area contributed by atoms with E-state index in [2.05, 4.69) is 37.9 Å². The molecule has 1 aromatic rings. The van der Waals surface area contributed by atoms with Crippen molar-refractivity contribution in [3.63, 3.8) is 0 Å². The van der Waals surface area contributed by atoms with Gasteiger partial charge in [0.25, 0.3) is 0 Å². The molecule has 0 saturated heterocycles. The van der Waals surface area contributed by atoms with E-state index in [1.807, 2.05) is 6.20 Å². The van der Waals surface area contributed by atoms with E-state index in [1.165, 1.54) is 17.7 Å². The molecule has 1 heterocycles. The van der Waals surface area contributed by atoms with Crippen LogP contribution < -0.4 is 0 Å². The smallest absolute Gasteiger partial charge is 0.0524 e. The Labute approximate surface area is 80.7 Å². The maximum atomic E-state index is 4.11. The largest absolute Gasteiger partial charge is 0.282 e. The topological polar surface area (TPSA) is 28.7 Å². The summed E-state index contributed by atoms with van der Waals surface area (Å²) < 4.78 is 0. The van der Waals surface area contributed by atoms with Crippen molar-refractivity contribution in [1.82, 2.24) is 10.2 Å². The third kappa shape index (κ3) is 2.11. The second-order valence-corrected chi connectivity index (χ2v) is 3.83. The predicted octanol–water partition coefficient (Wildman–Crippen LogP) is 3.12. The van der Waals surface area contributed by atoms with Gasteiger partial charge in [0.15, 0.2) is 0 Å². The van der Waals surface area contributed by atoms with E-state index in [0.717, 1.165) is 12.3 Å². The first-order chi connectivity index (χ1) is 6.20. The van der Waals surface area contributed by atoms with Gasteiger partial charge in [0, 0.05) is 5.69 Å². The molecule has 0 spiro atoms. The first-order valence-corrected chi connectivity index (χ1v) is 5.22. The van der Waals surface area contributed by atoms with Crippen LogP contribution in [0, 0.1) is 5.92 Å². The minimum atomic E-state index is 0.624. The summed E-state index contributed by atoms with van der Waals surface area (Å²) in [4.78, 5) is 0. The molecular formula is C11H20N2. The summed E-state index contributed by atoms with van der Waals surface area (Å²) in [6, 6.07) is 0. The van der Waals surface area contributed by atoms with Crippen molar-refractivity contribution < 1.29 is 0 Å². The number of rotatable bonds is 4. The average Bonchev–Trinajstić information content (AvgIpc) is 2.62. The van der Waals surface area contributed by atoms with Crippen LogP contribution in [0.25, 0.3) is 0 Å². The Kier molecular flexibility index (Phi) is 3.52. The molecular weight excluding hydrogens is 160 g/mol. The summed E-state index contributed by atoms with van der Waals surface area (Å²) in [5.74, 6) is 1.36. The van der Waals surface area contributed by atoms with Gasteiger partial charge in [-0.15, -0.1) is 0 Å². The first kappa shape index (κ1) is 10.3. The summed E-state index contributed by atoms with van der Waals surface area (Å²) >= 11 is 0. The predicted molar refractivity (Wildman–Crippen MR) is 55.8 cm³/mol. The van der Waals surface area contributed by atoms with Crippen LogP contribution in [0.2, 0.25) is 0 Å². The summed E-state index contributed by atoms with van der Waals surface area (Å²) in [7, 11) is 0. The minimum Gasteiger partial charge on any atom is -0.282 e. The second kappa shape index (κ2) is 4.45. The highest BCUT2D eigenvalue weighted by atomic mass is 15.1. The highest BCUT2D eigenvalue weighted by Gasteiger charge is 2.16. The van der Waals surface area contributed by atoms with Crippen LogP contribution in [0.15, 0.2) is 6.20 Å². The molecule has 1 aromatic heterocycles. The molecule has 13 heavy (non-hydrogen) atoms. The zero-order valence-corrected chi connectivity index (χ0v) is 9.09. The summed E-state index contributed by atoms with van der Waals surface area (Å²) in [6.45, 7) is 9.00. The molecule has 0 aliphatic rings. The van der Waals surface area contributed by atoms with Crippen molar-refractivity contribution in [3.05, 3.63) is 17.5 Å². The molecule has 0 amide bonds. The Bertz CT molecular complexity index is 252. The van der Waals surface area contributed by atoms with Crippen molar-refractivity contribution >= 4 is 0 Å². The number of hydrogen-bond acceptors (Lipinski definition) is 1. The van der Waals surface area contributed by atoms with Crippen molar-refractivity contribution in [2.45, 2.75) is 46.5 Å². The molecule has 0 fully saturated rings. The summed E-state index contributed by atoms with van der Waals surface area (Å²) in [6.07, 6.45) is 4.27. The van der Waals surface area contributed by atoms with Gasteiger partial charge in [-0.05, 0) is 23.8 Å². The van der Waals surface area contributed by atoms with Crippen LogP contribution in [0.1, 0.15) is 51.3 Å². The van der Waals surface area contributed by atoms with E-state index in [4.69, 9.17) is 0 Å². The van der Waals surface area contributed by atoms with Crippen molar-refractivity contribution in [3.8, 4) is 0 Å². The van der Waals surface area contributed by atoms with E-state index >= 15 is 0 Å². The Morgan fingerprint density at radius 1 is 1.38 bits per heavy atom. The normalized spacial score (nSPS) is 15.7. The number of aryl methyl sites for hydroxylation is 1. The molecule has 0 aliphatic heterocycles. The first-order valence-electron chi connectivity index (χ1n) is 5.22. The third-order valence-corrected chi connectivity index (χ3v) is 3.09. The van der Waals surface area contributed by atoms with E-state index in [1.54, 1.807) is 0 Å². The van der Waals surface area contributed by atoms with Gasteiger partial charge in [0.1, 0.15) is 0 Å². The quantitative estimate of drug-likeness (QED) is 0.757. The molecule has 0 radical (unpaired) electrons. The lowest BCUT2D eigenvalue weighted by molar-refractivity contribution is 0.471. The lowest BCUT2D eigenvalue weighted by atomic mass is 9.87. The Balaban J connectivity index is 2.81. The molecule has 2 atom stereocenters. The van der Waals surface area contributed by atoms with Crippen LogP contribution in [-0.4, -0.2) is 10.2 Å². The van der Waals surface area contributed by atoms with Crippen LogP contribution in [0.5, 0.6) is 0 Å². The number of H-pyrrole nitrogens is 1. The Morgan fingerprint density at radius 3 is 2.62 bits per heavy atom. The van der Waals surface area contributed by atoms with E-state index in [-0.39, 0.29) is 0 Å². The minimum absolute atomic E-state index is 0.624. The van der Waals surface area contributed by atoms with Gasteiger partial charge in [-0.25, -0.2) is 0 Å². The third-order valence-electron chi connectivity index (χ3n) is 3.09. The summed E-state index contributed by atoms with van der Waals surface area (Å²) in [5, 5.41) is 7.17. The van der Waals surface area contributed by atoms with E-state index in [9.17, 15) is 0 Å². The lowest BCUT2D eigenvalue weighted by Gasteiger charge is -2.17. The van der Waals surface area contributed by atoms with Crippen LogP contribution >= 0.6 is 0 Å². The molecule has 1 N–H and O–H groups in total. The molecule has 0 bridgehead atoms. The number of aromatic amines is 1. The molecule has 2 heteroatoms. The van der Waals surface area contributed by atoms with Gasteiger partial charge >= 0.3 is 0 Å². The number of nitrogens with zero attached hydrogens (tertiary/aromatic N) is 1. The molecule has 0 aliphatic carbocycles. The maximum Gasteiger partial charge on any atom is 0.0524 e. The van der Waals surface area contributed by atoms with Crippen molar-refractivity contribution in [2.24, 2.45) is 5.92 Å². The molecule has 2 unspecified atom stereocenters. The standard InChI is InChI=1S/C11H20N2/c1-5-8(3)9(4)10-7-12-13-11(10)6-2/h7-9H,5-6H2,1-4H3,(H,12,13). The fourth-order valence-corrected chi connectivity index (χ4v) is 1.66. The number of nitrogens with one attached hydrogen (secondary N) is 1. The summed E-state index contributed by atoms with van der Waals surface area (Å²) in [5.41, 5.74) is 2.70. The van der Waals surface area contributed by atoms with Crippen molar-refractivity contribution in [1.29, 1.82) is 0 Å². The Morgan fingerprint density at radius 2 is 2.08 bits per heavy atom. The Hall–Kier alpha value is -0.790. The number of hydrogen-bond donors (Lipinski definition) is 1. The van der Waals surface area contributed by atoms with Gasteiger partial charge < -0.3 is 0 Å². The molecule has 74 valence electrons. The SMILES string of the molecule is CCc1[nH]ncc1C(C)C(C)CC. The molecule has 0 saturated carbocycles. The van der Waals surface area contributed by atoms with Gasteiger partial charge in [-0.2, -0.15) is 5.10 Å². The van der Waals surface area contributed by atoms with Crippen molar-refractivity contribution in [2.75, 3.05) is 0 Å². The fourth-order valence-electron chi connectivity index (χ4n) is 1.66. The monoisotopic (exact) mass is 180 g/mol. The number of aromatic nitrogens is 2. The van der Waals surface area contributed by atoms with Gasteiger partial charge in [0.05, 0.1) is 6.20 Å².